The minimum atomic E-state index is -0.448. The summed E-state index contributed by atoms with van der Waals surface area (Å²) in [6.07, 6.45) is 7.48. The van der Waals surface area contributed by atoms with Gasteiger partial charge in [-0.2, -0.15) is 4.98 Å². The highest BCUT2D eigenvalue weighted by Gasteiger charge is 2.41. The maximum Gasteiger partial charge on any atom is 0.338 e. The van der Waals surface area contributed by atoms with Crippen LogP contribution in [-0.4, -0.2) is 53.7 Å². The predicted octanol–water partition coefficient (Wildman–Crippen LogP) is 4.22. The molecule has 35 heavy (non-hydrogen) atoms. The second kappa shape index (κ2) is 8.70. The Kier molecular flexibility index (Phi) is 5.81. The van der Waals surface area contributed by atoms with Crippen molar-refractivity contribution in [3.8, 4) is 5.75 Å². The fourth-order valence-corrected chi connectivity index (χ4v) is 5.62. The van der Waals surface area contributed by atoms with E-state index >= 15 is 0 Å². The van der Waals surface area contributed by atoms with E-state index in [1.54, 1.807) is 30.3 Å². The number of aromatic nitrogens is 2. The Hall–Kier alpha value is -3.36. The lowest BCUT2D eigenvalue weighted by atomic mass is 9.97. The number of benzene rings is 1. The van der Waals surface area contributed by atoms with Crippen molar-refractivity contribution >= 4 is 35.0 Å². The number of likely N-dealkylation sites (N-methyl/N-ethyl adjacent to an activating group) is 1. The van der Waals surface area contributed by atoms with Gasteiger partial charge in [0.1, 0.15) is 23.1 Å². The number of methoxy groups -OCH3 is 1. The Balaban J connectivity index is 1.54. The van der Waals surface area contributed by atoms with Crippen LogP contribution in [-0.2, 0) is 16.0 Å². The third-order valence-electron chi connectivity index (χ3n) is 7.31. The number of esters is 1. The highest BCUT2D eigenvalue weighted by Crippen LogP contribution is 2.44. The number of rotatable bonds is 5. The molecule has 1 amide bonds. The molecule has 0 bridgehead atoms. The molecule has 1 N–H and O–H groups in total. The normalized spacial score (nSPS) is 20.9. The quantitative estimate of drug-likeness (QED) is 0.637. The SMILES string of the molecule is CCC1C(=O)N(C)c2cnc(Nc3ccc(C(=O)OC)c4c3OC(C)(C)C4)nc2N1C1CCCC1. The Bertz CT molecular complexity index is 1170. The first-order valence-corrected chi connectivity index (χ1v) is 12.4. The van der Waals surface area contributed by atoms with Gasteiger partial charge in [0.2, 0.25) is 11.9 Å². The maximum absolute atomic E-state index is 13.1. The first-order valence-electron chi connectivity index (χ1n) is 12.4. The summed E-state index contributed by atoms with van der Waals surface area (Å²) in [5.74, 6) is 1.52. The average Bonchev–Trinajstić information content (AvgIpc) is 3.48. The van der Waals surface area contributed by atoms with Crippen molar-refractivity contribution in [2.75, 3.05) is 29.3 Å². The molecule has 3 aliphatic rings. The number of ether oxygens (including phenoxy) is 2. The van der Waals surface area contributed by atoms with Crippen LogP contribution in [0.1, 0.15) is 68.8 Å². The Labute approximate surface area is 205 Å². The summed E-state index contributed by atoms with van der Waals surface area (Å²) >= 11 is 0. The molecule has 2 aliphatic heterocycles. The van der Waals surface area contributed by atoms with Gasteiger partial charge >= 0.3 is 5.97 Å². The fraction of sp³-hybridized carbons (Fsp3) is 0.538. The lowest BCUT2D eigenvalue weighted by Crippen LogP contribution is -2.55. The lowest BCUT2D eigenvalue weighted by molar-refractivity contribution is -0.120. The first kappa shape index (κ1) is 23.4. The smallest absolute Gasteiger partial charge is 0.338 e. The van der Waals surface area contributed by atoms with Gasteiger partial charge in [-0.05, 0) is 45.2 Å². The highest BCUT2D eigenvalue weighted by molar-refractivity contribution is 6.04. The minimum Gasteiger partial charge on any atom is -0.485 e. The molecule has 1 fully saturated rings. The first-order chi connectivity index (χ1) is 16.7. The molecule has 1 aromatic heterocycles. The van der Waals surface area contributed by atoms with E-state index in [1.165, 1.54) is 20.0 Å². The second-order valence-corrected chi connectivity index (χ2v) is 10.2. The zero-order chi connectivity index (χ0) is 24.9. The van der Waals surface area contributed by atoms with Crippen molar-refractivity contribution < 1.29 is 19.1 Å². The molecule has 9 nitrogen and oxygen atoms in total. The Morgan fingerprint density at radius 2 is 2.03 bits per heavy atom. The topological polar surface area (TPSA) is 96.9 Å². The second-order valence-electron chi connectivity index (χ2n) is 10.2. The number of carbonyl (C=O) groups excluding carboxylic acids is 2. The van der Waals surface area contributed by atoms with Crippen molar-refractivity contribution in [2.45, 2.75) is 77.0 Å². The Morgan fingerprint density at radius 1 is 1.29 bits per heavy atom. The molecule has 1 saturated carbocycles. The third kappa shape index (κ3) is 3.96. The fourth-order valence-electron chi connectivity index (χ4n) is 5.62. The van der Waals surface area contributed by atoms with E-state index in [4.69, 9.17) is 14.5 Å². The lowest BCUT2D eigenvalue weighted by Gasteiger charge is -2.43. The molecule has 186 valence electrons. The predicted molar refractivity (Wildman–Crippen MR) is 134 cm³/mol. The van der Waals surface area contributed by atoms with Crippen LogP contribution in [0.5, 0.6) is 5.75 Å². The summed E-state index contributed by atoms with van der Waals surface area (Å²) in [5, 5.41) is 3.32. The van der Waals surface area contributed by atoms with Crippen LogP contribution in [0.3, 0.4) is 0 Å². The number of hydrogen-bond acceptors (Lipinski definition) is 8. The zero-order valence-electron chi connectivity index (χ0n) is 21.1. The van der Waals surface area contributed by atoms with Gasteiger partial charge in [-0.25, -0.2) is 9.78 Å². The number of hydrogen-bond donors (Lipinski definition) is 1. The molecule has 2 aromatic rings. The molecule has 1 aliphatic carbocycles. The number of nitrogens with zero attached hydrogens (tertiary/aromatic N) is 4. The van der Waals surface area contributed by atoms with Crippen molar-refractivity contribution in [3.63, 3.8) is 0 Å². The molecular weight excluding hydrogens is 446 g/mol. The molecule has 9 heteroatoms. The van der Waals surface area contributed by atoms with Crippen molar-refractivity contribution in [3.05, 3.63) is 29.5 Å². The van der Waals surface area contributed by atoms with Crippen LogP contribution in [0.25, 0.3) is 0 Å². The summed E-state index contributed by atoms with van der Waals surface area (Å²) in [7, 11) is 3.17. The van der Waals surface area contributed by atoms with Crippen LogP contribution in [0, 0.1) is 0 Å². The summed E-state index contributed by atoms with van der Waals surface area (Å²) < 4.78 is 11.2. The van der Waals surface area contributed by atoms with Crippen LogP contribution in [0.15, 0.2) is 18.3 Å². The Morgan fingerprint density at radius 3 is 2.71 bits per heavy atom. The van der Waals surface area contributed by atoms with Crippen molar-refractivity contribution in [1.82, 2.24) is 9.97 Å². The largest absolute Gasteiger partial charge is 0.485 e. The van der Waals surface area contributed by atoms with Gasteiger partial charge in [0.05, 0.1) is 24.6 Å². The summed E-state index contributed by atoms with van der Waals surface area (Å²) in [6, 6.07) is 3.62. The molecule has 0 spiro atoms. The van der Waals surface area contributed by atoms with Crippen LogP contribution in [0.2, 0.25) is 0 Å². The summed E-state index contributed by atoms with van der Waals surface area (Å²) in [5.41, 5.74) is 2.28. The third-order valence-corrected chi connectivity index (χ3v) is 7.31. The number of fused-ring (bicyclic) bond motifs is 2. The average molecular weight is 480 g/mol. The van der Waals surface area contributed by atoms with E-state index in [0.29, 0.717) is 35.4 Å². The molecule has 1 unspecified atom stereocenters. The zero-order valence-corrected chi connectivity index (χ0v) is 21.1. The molecule has 0 saturated heterocycles. The van der Waals surface area contributed by atoms with E-state index in [-0.39, 0.29) is 17.9 Å². The molecule has 3 heterocycles. The number of nitrogens with one attached hydrogen (secondary N) is 1. The molecule has 1 aromatic carbocycles. The standard InChI is InChI=1S/C26H33N5O4/c1-6-19-23(32)30(4)20-14-27-25(29-22(20)31(19)15-9-7-8-10-15)28-18-12-11-16(24(33)34-5)17-13-26(2,3)35-21(17)18/h11-12,14-15,19H,6-10,13H2,1-5H3,(H,27,28,29). The molecule has 5 rings (SSSR count). The van der Waals surface area contributed by atoms with Gasteiger partial charge in [-0.15, -0.1) is 0 Å². The number of carbonyl (C=O) groups is 2. The number of amides is 1. The number of anilines is 4. The molecule has 1 atom stereocenters. The molecular formula is C26H33N5O4. The van der Waals surface area contributed by atoms with Gasteiger partial charge in [0.15, 0.2) is 5.82 Å². The van der Waals surface area contributed by atoms with Gasteiger partial charge < -0.3 is 24.6 Å². The molecule has 0 radical (unpaired) electrons. The monoisotopic (exact) mass is 479 g/mol. The van der Waals surface area contributed by atoms with E-state index in [0.717, 1.165) is 36.3 Å². The van der Waals surface area contributed by atoms with Gasteiger partial charge in [-0.3, -0.25) is 4.79 Å². The van der Waals surface area contributed by atoms with Crippen LogP contribution >= 0.6 is 0 Å². The van der Waals surface area contributed by atoms with Gasteiger partial charge in [-0.1, -0.05) is 19.8 Å². The van der Waals surface area contributed by atoms with E-state index in [9.17, 15) is 9.59 Å². The summed E-state index contributed by atoms with van der Waals surface area (Å²) in [4.78, 5) is 38.8. The highest BCUT2D eigenvalue weighted by atomic mass is 16.5. The van der Waals surface area contributed by atoms with Crippen LogP contribution in [0.4, 0.5) is 23.1 Å². The van der Waals surface area contributed by atoms with E-state index in [1.807, 2.05) is 13.8 Å². The minimum absolute atomic E-state index is 0.0862. The van der Waals surface area contributed by atoms with Crippen LogP contribution < -0.4 is 19.9 Å². The maximum atomic E-state index is 13.1. The van der Waals surface area contributed by atoms with E-state index < -0.39 is 5.60 Å². The summed E-state index contributed by atoms with van der Waals surface area (Å²) in [6.45, 7) is 6.03. The van der Waals surface area contributed by atoms with Crippen molar-refractivity contribution in [1.29, 1.82) is 0 Å². The van der Waals surface area contributed by atoms with Gasteiger partial charge in [0, 0.05) is 25.1 Å². The van der Waals surface area contributed by atoms with Crippen molar-refractivity contribution in [2.24, 2.45) is 0 Å². The van der Waals surface area contributed by atoms with E-state index in [2.05, 4.69) is 22.1 Å². The van der Waals surface area contributed by atoms with Gasteiger partial charge in [0.25, 0.3) is 0 Å².